The molecular formula is C23H26Cl2N4O. The monoisotopic (exact) mass is 444 g/mol. The van der Waals surface area contributed by atoms with Gasteiger partial charge in [0, 0.05) is 24.3 Å². The number of hydrogen-bond donors (Lipinski definition) is 0. The zero-order valence-electron chi connectivity index (χ0n) is 17.5. The van der Waals surface area contributed by atoms with E-state index in [1.807, 2.05) is 18.3 Å². The number of aromatic nitrogens is 3. The quantitative estimate of drug-likeness (QED) is 0.493. The van der Waals surface area contributed by atoms with Gasteiger partial charge in [0.2, 0.25) is 5.95 Å². The molecule has 1 aromatic carbocycles. The lowest BCUT2D eigenvalue weighted by atomic mass is 9.65. The standard InChI is InChI=1S/C23H26Cl2N4O/c1-22(2)10-16-11-23(3,13-22)14-29(16)21-27-26-20-15(6-5-9-28(20)21)12-30-19-17(24)7-4-8-18(19)25/h4-9,16H,10-14H2,1-3H3/t16-,23-/m1/s1. The van der Waals surface area contributed by atoms with Crippen LogP contribution < -0.4 is 9.64 Å². The summed E-state index contributed by atoms with van der Waals surface area (Å²) < 4.78 is 8.04. The Bertz CT molecular complexity index is 1090. The van der Waals surface area contributed by atoms with E-state index in [1.54, 1.807) is 18.2 Å². The molecule has 0 N–H and O–H groups in total. The molecule has 1 aliphatic heterocycles. The largest absolute Gasteiger partial charge is 0.486 e. The highest BCUT2D eigenvalue weighted by Crippen LogP contribution is 2.53. The molecule has 3 aromatic rings. The number of para-hydroxylation sites is 1. The van der Waals surface area contributed by atoms with Crippen molar-refractivity contribution in [1.82, 2.24) is 14.6 Å². The summed E-state index contributed by atoms with van der Waals surface area (Å²) in [4.78, 5) is 2.46. The summed E-state index contributed by atoms with van der Waals surface area (Å²) in [6.07, 6.45) is 5.69. The van der Waals surface area contributed by atoms with Crippen molar-refractivity contribution in [2.75, 3.05) is 11.4 Å². The molecule has 0 spiro atoms. The maximum absolute atomic E-state index is 6.24. The molecule has 2 aliphatic rings. The molecule has 5 nitrogen and oxygen atoms in total. The second-order valence-corrected chi connectivity index (χ2v) is 10.7. The predicted molar refractivity (Wildman–Crippen MR) is 121 cm³/mol. The molecule has 3 heterocycles. The van der Waals surface area contributed by atoms with Gasteiger partial charge < -0.3 is 9.64 Å². The number of fused-ring (bicyclic) bond motifs is 3. The minimum Gasteiger partial charge on any atom is -0.486 e. The van der Waals surface area contributed by atoms with Crippen LogP contribution in [-0.2, 0) is 6.61 Å². The van der Waals surface area contributed by atoms with Crippen LogP contribution >= 0.6 is 23.2 Å². The van der Waals surface area contributed by atoms with Gasteiger partial charge in [0.15, 0.2) is 11.4 Å². The number of benzene rings is 1. The van der Waals surface area contributed by atoms with Crippen molar-refractivity contribution in [1.29, 1.82) is 0 Å². The average molecular weight is 445 g/mol. The number of ether oxygens (including phenoxy) is 1. The van der Waals surface area contributed by atoms with Crippen molar-refractivity contribution in [3.63, 3.8) is 0 Å². The van der Waals surface area contributed by atoms with Crippen LogP contribution in [0, 0.1) is 10.8 Å². The highest BCUT2D eigenvalue weighted by molar-refractivity contribution is 6.37. The van der Waals surface area contributed by atoms with Gasteiger partial charge in [-0.05, 0) is 48.3 Å². The Morgan fingerprint density at radius 3 is 2.60 bits per heavy atom. The maximum atomic E-state index is 6.24. The minimum absolute atomic E-state index is 0.320. The molecule has 5 rings (SSSR count). The summed E-state index contributed by atoms with van der Waals surface area (Å²) >= 11 is 12.5. The van der Waals surface area contributed by atoms with E-state index in [2.05, 4.69) is 40.3 Å². The fourth-order valence-corrected chi connectivity index (χ4v) is 6.24. The van der Waals surface area contributed by atoms with Crippen LogP contribution in [0.5, 0.6) is 5.75 Å². The second-order valence-electron chi connectivity index (χ2n) is 9.91. The third-order valence-electron chi connectivity index (χ3n) is 6.46. The molecule has 2 atom stereocenters. The summed E-state index contributed by atoms with van der Waals surface area (Å²) in [5, 5.41) is 10.1. The Morgan fingerprint density at radius 2 is 1.83 bits per heavy atom. The first-order valence-electron chi connectivity index (χ1n) is 10.4. The van der Waals surface area contributed by atoms with Gasteiger partial charge in [0.05, 0.1) is 10.0 Å². The number of halogens is 2. The molecule has 0 radical (unpaired) electrons. The van der Waals surface area contributed by atoms with Gasteiger partial charge in [-0.25, -0.2) is 0 Å². The van der Waals surface area contributed by atoms with E-state index in [0.717, 1.165) is 23.7 Å². The zero-order valence-corrected chi connectivity index (χ0v) is 19.0. The molecule has 1 saturated carbocycles. The first kappa shape index (κ1) is 20.0. The van der Waals surface area contributed by atoms with Crippen molar-refractivity contribution in [3.8, 4) is 5.75 Å². The van der Waals surface area contributed by atoms with Crippen molar-refractivity contribution < 1.29 is 4.74 Å². The van der Waals surface area contributed by atoms with Gasteiger partial charge in [-0.2, -0.15) is 0 Å². The number of rotatable bonds is 4. The Hall–Kier alpha value is -1.98. The highest BCUT2D eigenvalue weighted by atomic mass is 35.5. The van der Waals surface area contributed by atoms with Crippen LogP contribution in [0.1, 0.15) is 45.6 Å². The second kappa shape index (κ2) is 7.03. The molecule has 2 aromatic heterocycles. The van der Waals surface area contributed by atoms with E-state index in [4.69, 9.17) is 27.9 Å². The Balaban J connectivity index is 1.45. The number of nitrogens with zero attached hydrogens (tertiary/aromatic N) is 4. The smallest absolute Gasteiger partial charge is 0.231 e. The van der Waals surface area contributed by atoms with Gasteiger partial charge in [0.1, 0.15) is 6.61 Å². The van der Waals surface area contributed by atoms with Crippen molar-refractivity contribution >= 4 is 34.8 Å². The molecule has 0 amide bonds. The van der Waals surface area contributed by atoms with E-state index in [0.29, 0.717) is 39.3 Å². The Morgan fingerprint density at radius 1 is 1.07 bits per heavy atom. The molecule has 158 valence electrons. The van der Waals surface area contributed by atoms with Crippen LogP contribution in [0.4, 0.5) is 5.95 Å². The van der Waals surface area contributed by atoms with Gasteiger partial charge in [-0.15, -0.1) is 10.2 Å². The van der Waals surface area contributed by atoms with Gasteiger partial charge in [-0.3, -0.25) is 4.40 Å². The molecular weight excluding hydrogens is 419 g/mol. The topological polar surface area (TPSA) is 42.7 Å². The fraction of sp³-hybridized carbons (Fsp3) is 0.478. The Labute approximate surface area is 186 Å². The lowest BCUT2D eigenvalue weighted by Crippen LogP contribution is -2.35. The molecule has 30 heavy (non-hydrogen) atoms. The lowest BCUT2D eigenvalue weighted by Gasteiger charge is -2.39. The third-order valence-corrected chi connectivity index (χ3v) is 7.06. The summed E-state index contributed by atoms with van der Waals surface area (Å²) in [5.41, 5.74) is 2.45. The molecule has 1 aliphatic carbocycles. The van der Waals surface area contributed by atoms with E-state index in [-0.39, 0.29) is 0 Å². The average Bonchev–Trinajstić information content (AvgIpc) is 3.19. The van der Waals surface area contributed by atoms with E-state index >= 15 is 0 Å². The first-order chi connectivity index (χ1) is 14.2. The van der Waals surface area contributed by atoms with Crippen molar-refractivity contribution in [2.45, 2.75) is 52.7 Å². The summed E-state index contributed by atoms with van der Waals surface area (Å²) in [6.45, 7) is 8.53. The van der Waals surface area contributed by atoms with Crippen LogP contribution in [0.2, 0.25) is 10.0 Å². The van der Waals surface area contributed by atoms with E-state index < -0.39 is 0 Å². The van der Waals surface area contributed by atoms with E-state index in [1.165, 1.54) is 19.3 Å². The lowest BCUT2D eigenvalue weighted by molar-refractivity contribution is 0.136. The first-order valence-corrected chi connectivity index (χ1v) is 11.2. The molecule has 7 heteroatoms. The summed E-state index contributed by atoms with van der Waals surface area (Å²) in [5.74, 6) is 1.42. The minimum atomic E-state index is 0.320. The van der Waals surface area contributed by atoms with Crippen LogP contribution in [0.25, 0.3) is 5.65 Å². The van der Waals surface area contributed by atoms with Gasteiger partial charge in [-0.1, -0.05) is 56.1 Å². The number of pyridine rings is 1. The number of anilines is 1. The highest BCUT2D eigenvalue weighted by Gasteiger charge is 2.50. The van der Waals surface area contributed by atoms with Gasteiger partial charge in [0.25, 0.3) is 0 Å². The van der Waals surface area contributed by atoms with E-state index in [9.17, 15) is 0 Å². The van der Waals surface area contributed by atoms with Crippen molar-refractivity contribution in [3.05, 3.63) is 52.1 Å². The summed E-state index contributed by atoms with van der Waals surface area (Å²) in [7, 11) is 0. The normalized spacial score (nSPS) is 25.1. The van der Waals surface area contributed by atoms with Crippen LogP contribution in [0.15, 0.2) is 36.5 Å². The number of hydrogen-bond acceptors (Lipinski definition) is 4. The third kappa shape index (κ3) is 3.42. The maximum Gasteiger partial charge on any atom is 0.231 e. The predicted octanol–water partition coefficient (Wildman–Crippen LogP) is 6.02. The summed E-state index contributed by atoms with van der Waals surface area (Å²) in [6, 6.07) is 9.87. The Kier molecular flexibility index (Phi) is 4.67. The molecule has 2 bridgehead atoms. The molecule has 2 fully saturated rings. The fourth-order valence-electron chi connectivity index (χ4n) is 5.73. The van der Waals surface area contributed by atoms with Crippen LogP contribution in [-0.4, -0.2) is 27.2 Å². The van der Waals surface area contributed by atoms with Crippen molar-refractivity contribution in [2.24, 2.45) is 10.8 Å². The SMILES string of the molecule is CC1(C)C[C@@H]2C[C@@](C)(CN2c2nnc3c(COc4c(Cl)cccc4Cl)cccn23)C1. The molecule has 1 saturated heterocycles. The van der Waals surface area contributed by atoms with Crippen LogP contribution in [0.3, 0.4) is 0 Å². The molecule has 0 unspecified atom stereocenters. The zero-order chi connectivity index (χ0) is 21.1. The van der Waals surface area contributed by atoms with Gasteiger partial charge >= 0.3 is 0 Å².